The Balaban J connectivity index is 1.54. The zero-order valence-electron chi connectivity index (χ0n) is 14.6. The topological polar surface area (TPSA) is 52.7 Å². The maximum absolute atomic E-state index is 12.6. The number of hydrogen-bond donors (Lipinski definition) is 1. The summed E-state index contributed by atoms with van der Waals surface area (Å²) in [5, 5.41) is 2.86. The highest BCUT2D eigenvalue weighted by Crippen LogP contribution is 2.23. The number of nitrogens with zero attached hydrogens (tertiary/aromatic N) is 2. The Morgan fingerprint density at radius 2 is 1.79 bits per heavy atom. The molecule has 5 heteroatoms. The minimum Gasteiger partial charge on any atom is -0.326 e. The molecular formula is C19H27N3O2. The maximum atomic E-state index is 12.6. The van der Waals surface area contributed by atoms with Crippen molar-refractivity contribution in [2.75, 3.05) is 13.1 Å². The number of urea groups is 1. The van der Waals surface area contributed by atoms with E-state index in [0.717, 1.165) is 32.5 Å². The summed E-state index contributed by atoms with van der Waals surface area (Å²) in [4.78, 5) is 28.7. The highest BCUT2D eigenvalue weighted by molar-refractivity contribution is 6.04. The minimum absolute atomic E-state index is 0.0322. The van der Waals surface area contributed by atoms with Crippen LogP contribution in [0.15, 0.2) is 30.3 Å². The fourth-order valence-electron chi connectivity index (χ4n) is 3.70. The van der Waals surface area contributed by atoms with Gasteiger partial charge >= 0.3 is 6.03 Å². The lowest BCUT2D eigenvalue weighted by atomic mass is 10.0. The molecule has 130 valence electrons. The van der Waals surface area contributed by atoms with Gasteiger partial charge < -0.3 is 5.32 Å². The molecule has 0 unspecified atom stereocenters. The third kappa shape index (κ3) is 3.78. The minimum atomic E-state index is -0.333. The van der Waals surface area contributed by atoms with Crippen LogP contribution in [0.25, 0.3) is 0 Å². The number of carbonyl (C=O) groups is 2. The van der Waals surface area contributed by atoms with Crippen LogP contribution in [-0.2, 0) is 11.3 Å². The largest absolute Gasteiger partial charge is 0.326 e. The molecule has 0 radical (unpaired) electrons. The van der Waals surface area contributed by atoms with E-state index in [1.807, 2.05) is 6.07 Å². The molecule has 2 saturated heterocycles. The van der Waals surface area contributed by atoms with Crippen molar-refractivity contribution in [1.29, 1.82) is 0 Å². The summed E-state index contributed by atoms with van der Waals surface area (Å²) in [6.45, 7) is 6.93. The molecule has 24 heavy (non-hydrogen) atoms. The molecule has 2 heterocycles. The number of rotatable bonds is 5. The molecule has 3 amide bonds. The number of benzene rings is 1. The highest BCUT2D eigenvalue weighted by atomic mass is 16.2. The molecule has 0 saturated carbocycles. The van der Waals surface area contributed by atoms with Crippen molar-refractivity contribution < 1.29 is 9.59 Å². The lowest BCUT2D eigenvalue weighted by molar-refractivity contribution is -0.130. The molecule has 2 aliphatic heterocycles. The first-order chi connectivity index (χ1) is 11.5. The van der Waals surface area contributed by atoms with Gasteiger partial charge in [-0.05, 0) is 30.7 Å². The monoisotopic (exact) mass is 329 g/mol. The molecule has 2 aliphatic rings. The van der Waals surface area contributed by atoms with E-state index in [1.54, 1.807) is 0 Å². The van der Waals surface area contributed by atoms with Crippen LogP contribution in [0, 0.1) is 5.92 Å². The standard InChI is InChI=1S/C19H27N3O2/c1-14(2)12-17-18(23)22(19(24)20-17)16-8-10-21(11-9-16)13-15-6-4-3-5-7-15/h3-7,14,16-17H,8-13H2,1-2H3,(H,20,24)/t17-/m1/s1. The Morgan fingerprint density at radius 3 is 2.42 bits per heavy atom. The van der Waals surface area contributed by atoms with Gasteiger partial charge in [0.15, 0.2) is 0 Å². The summed E-state index contributed by atoms with van der Waals surface area (Å²) in [6, 6.07) is 9.93. The van der Waals surface area contributed by atoms with Gasteiger partial charge in [0, 0.05) is 25.7 Å². The zero-order chi connectivity index (χ0) is 17.1. The van der Waals surface area contributed by atoms with Crippen molar-refractivity contribution >= 4 is 11.9 Å². The predicted molar refractivity (Wildman–Crippen MR) is 93.4 cm³/mol. The summed E-state index contributed by atoms with van der Waals surface area (Å²) < 4.78 is 0. The van der Waals surface area contributed by atoms with E-state index in [2.05, 4.69) is 48.3 Å². The van der Waals surface area contributed by atoms with Crippen molar-refractivity contribution in [3.05, 3.63) is 35.9 Å². The Labute approximate surface area is 144 Å². The maximum Gasteiger partial charge on any atom is 0.325 e. The van der Waals surface area contributed by atoms with E-state index in [4.69, 9.17) is 0 Å². The summed E-state index contributed by atoms with van der Waals surface area (Å²) >= 11 is 0. The quantitative estimate of drug-likeness (QED) is 0.845. The smallest absolute Gasteiger partial charge is 0.325 e. The Bertz CT molecular complexity index is 580. The lowest BCUT2D eigenvalue weighted by Gasteiger charge is -2.35. The average Bonchev–Trinajstić information content (AvgIpc) is 2.83. The molecule has 0 bridgehead atoms. The summed E-state index contributed by atoms with van der Waals surface area (Å²) in [6.07, 6.45) is 2.44. The second-order valence-electron chi connectivity index (χ2n) is 7.33. The van der Waals surface area contributed by atoms with Gasteiger partial charge in [-0.25, -0.2) is 4.79 Å². The van der Waals surface area contributed by atoms with E-state index < -0.39 is 0 Å². The van der Waals surface area contributed by atoms with Crippen LogP contribution in [-0.4, -0.2) is 46.9 Å². The lowest BCUT2D eigenvalue weighted by Crippen LogP contribution is -2.47. The Morgan fingerprint density at radius 1 is 1.12 bits per heavy atom. The molecule has 0 aliphatic carbocycles. The fraction of sp³-hybridized carbons (Fsp3) is 0.579. The molecule has 1 atom stereocenters. The summed E-state index contributed by atoms with van der Waals surface area (Å²) in [5.41, 5.74) is 1.31. The van der Waals surface area contributed by atoms with Gasteiger partial charge in [-0.15, -0.1) is 0 Å². The van der Waals surface area contributed by atoms with Crippen LogP contribution < -0.4 is 5.32 Å². The van der Waals surface area contributed by atoms with E-state index in [0.29, 0.717) is 12.3 Å². The normalized spacial score (nSPS) is 23.1. The number of hydrogen-bond acceptors (Lipinski definition) is 3. The molecule has 2 fully saturated rings. The molecule has 1 aromatic carbocycles. The summed E-state index contributed by atoms with van der Waals surface area (Å²) in [5.74, 6) is 0.363. The van der Waals surface area contributed by atoms with Gasteiger partial charge in [-0.3, -0.25) is 14.6 Å². The molecular weight excluding hydrogens is 302 g/mol. The van der Waals surface area contributed by atoms with Gasteiger partial charge in [0.25, 0.3) is 5.91 Å². The molecule has 1 N–H and O–H groups in total. The van der Waals surface area contributed by atoms with Crippen molar-refractivity contribution in [3.8, 4) is 0 Å². The second-order valence-corrected chi connectivity index (χ2v) is 7.33. The highest BCUT2D eigenvalue weighted by Gasteiger charge is 2.42. The van der Waals surface area contributed by atoms with Crippen molar-refractivity contribution in [2.24, 2.45) is 5.92 Å². The van der Waals surface area contributed by atoms with Crippen LogP contribution in [0.4, 0.5) is 4.79 Å². The molecule has 0 aromatic heterocycles. The summed E-state index contributed by atoms with van der Waals surface area (Å²) in [7, 11) is 0. The number of nitrogens with one attached hydrogen (secondary N) is 1. The average molecular weight is 329 g/mol. The van der Waals surface area contributed by atoms with Crippen LogP contribution in [0.5, 0.6) is 0 Å². The van der Waals surface area contributed by atoms with Gasteiger partial charge in [0.05, 0.1) is 0 Å². The van der Waals surface area contributed by atoms with Crippen LogP contribution >= 0.6 is 0 Å². The van der Waals surface area contributed by atoms with Crippen LogP contribution in [0.3, 0.4) is 0 Å². The van der Waals surface area contributed by atoms with Gasteiger partial charge in [0.2, 0.25) is 0 Å². The van der Waals surface area contributed by atoms with Crippen LogP contribution in [0.1, 0.15) is 38.7 Å². The number of amides is 3. The first-order valence-electron chi connectivity index (χ1n) is 8.94. The second kappa shape index (κ2) is 7.34. The van der Waals surface area contributed by atoms with Crippen molar-refractivity contribution in [2.45, 2.75) is 51.7 Å². The first kappa shape index (κ1) is 17.0. The van der Waals surface area contributed by atoms with Gasteiger partial charge in [-0.2, -0.15) is 0 Å². The fourth-order valence-corrected chi connectivity index (χ4v) is 3.70. The Kier molecular flexibility index (Phi) is 5.19. The van der Waals surface area contributed by atoms with E-state index in [9.17, 15) is 9.59 Å². The number of likely N-dealkylation sites (tertiary alicyclic amines) is 1. The predicted octanol–water partition coefficient (Wildman–Crippen LogP) is 2.62. The molecule has 0 spiro atoms. The molecule has 3 rings (SSSR count). The third-order valence-corrected chi connectivity index (χ3v) is 4.93. The number of carbonyl (C=O) groups excluding carboxylic acids is 2. The van der Waals surface area contributed by atoms with Crippen molar-refractivity contribution in [1.82, 2.24) is 15.1 Å². The van der Waals surface area contributed by atoms with Gasteiger partial charge in [-0.1, -0.05) is 44.2 Å². The van der Waals surface area contributed by atoms with E-state index in [-0.39, 0.29) is 24.0 Å². The number of imide groups is 1. The van der Waals surface area contributed by atoms with Gasteiger partial charge in [0.1, 0.15) is 6.04 Å². The van der Waals surface area contributed by atoms with Crippen LogP contribution in [0.2, 0.25) is 0 Å². The zero-order valence-corrected chi connectivity index (χ0v) is 14.6. The SMILES string of the molecule is CC(C)C[C@H]1NC(=O)N(C2CCN(Cc3ccccc3)CC2)C1=O. The van der Waals surface area contributed by atoms with E-state index >= 15 is 0 Å². The first-order valence-corrected chi connectivity index (χ1v) is 8.94. The van der Waals surface area contributed by atoms with E-state index in [1.165, 1.54) is 10.5 Å². The third-order valence-electron chi connectivity index (χ3n) is 4.93. The van der Waals surface area contributed by atoms with Crippen molar-refractivity contribution in [3.63, 3.8) is 0 Å². The molecule has 5 nitrogen and oxygen atoms in total. The molecule has 1 aromatic rings. The Hall–Kier alpha value is -1.88. The number of piperidine rings is 1.